The van der Waals surface area contributed by atoms with Crippen LogP contribution >= 0.6 is 0 Å². The molecule has 2 aromatic rings. The van der Waals surface area contributed by atoms with Gasteiger partial charge in [-0.25, -0.2) is 4.98 Å². The molecular formula is C18H22N4O3. The van der Waals surface area contributed by atoms with Gasteiger partial charge >= 0.3 is 0 Å². The quantitative estimate of drug-likeness (QED) is 0.824. The zero-order valence-corrected chi connectivity index (χ0v) is 14.3. The van der Waals surface area contributed by atoms with Gasteiger partial charge in [-0.05, 0) is 30.9 Å². The maximum Gasteiger partial charge on any atom is 0.274 e. The minimum absolute atomic E-state index is 0.0212. The molecule has 0 bridgehead atoms. The summed E-state index contributed by atoms with van der Waals surface area (Å²) < 4.78 is 13.6. The summed E-state index contributed by atoms with van der Waals surface area (Å²) in [5, 5.41) is 0. The Kier molecular flexibility index (Phi) is 4.17. The second-order valence-electron chi connectivity index (χ2n) is 6.81. The van der Waals surface area contributed by atoms with E-state index in [1.54, 1.807) is 29.5 Å². The maximum atomic E-state index is 12.4. The first-order valence-electron chi connectivity index (χ1n) is 8.60. The third-order valence-electron chi connectivity index (χ3n) is 5.10. The van der Waals surface area contributed by atoms with E-state index >= 15 is 0 Å². The third-order valence-corrected chi connectivity index (χ3v) is 5.10. The van der Waals surface area contributed by atoms with Gasteiger partial charge in [-0.15, -0.1) is 0 Å². The maximum absolute atomic E-state index is 12.4. The molecule has 0 radical (unpaired) electrons. The normalized spacial score (nSPS) is 21.3. The summed E-state index contributed by atoms with van der Waals surface area (Å²) in [7, 11) is 1.86. The van der Waals surface area contributed by atoms with Gasteiger partial charge in [0, 0.05) is 26.0 Å². The lowest BCUT2D eigenvalue weighted by molar-refractivity contribution is -0.119. The molecule has 0 aromatic carbocycles. The number of carbonyl (C=O) groups excluding carboxylic acids is 1. The molecule has 2 fully saturated rings. The van der Waals surface area contributed by atoms with Crippen molar-refractivity contribution in [2.24, 2.45) is 13.0 Å². The summed E-state index contributed by atoms with van der Waals surface area (Å²) in [5.41, 5.74) is 0.287. The Bertz CT molecular complexity index is 740. The molecule has 4 heterocycles. The Morgan fingerprint density at radius 2 is 2.36 bits per heavy atom. The molecule has 0 N–H and O–H groups in total. The monoisotopic (exact) mass is 342 g/mol. The van der Waals surface area contributed by atoms with Crippen LogP contribution in [0.5, 0.6) is 5.75 Å². The number of rotatable bonds is 5. The molecule has 1 amide bonds. The highest BCUT2D eigenvalue weighted by Gasteiger charge is 2.54. The van der Waals surface area contributed by atoms with Crippen molar-refractivity contribution in [1.82, 2.24) is 19.4 Å². The van der Waals surface area contributed by atoms with Gasteiger partial charge in [-0.1, -0.05) is 0 Å². The average Bonchev–Trinajstić information content (AvgIpc) is 3.20. The van der Waals surface area contributed by atoms with Gasteiger partial charge in [0.25, 0.3) is 5.91 Å². The number of amides is 1. The van der Waals surface area contributed by atoms with Crippen molar-refractivity contribution in [3.8, 4) is 5.75 Å². The first-order chi connectivity index (χ1) is 12.2. The number of nitrogens with zero attached hydrogens (tertiary/aromatic N) is 4. The lowest BCUT2D eigenvalue weighted by Gasteiger charge is -2.50. The molecule has 25 heavy (non-hydrogen) atoms. The van der Waals surface area contributed by atoms with Crippen molar-refractivity contribution >= 4 is 5.91 Å². The van der Waals surface area contributed by atoms with Gasteiger partial charge in [0.1, 0.15) is 17.0 Å². The van der Waals surface area contributed by atoms with E-state index in [9.17, 15) is 4.79 Å². The molecule has 1 spiro atoms. The minimum Gasteiger partial charge on any atom is -0.492 e. The molecule has 0 saturated carbocycles. The number of ether oxygens (including phenoxy) is 2. The molecule has 2 aliphatic heterocycles. The van der Waals surface area contributed by atoms with Gasteiger partial charge in [0.05, 0.1) is 32.2 Å². The van der Waals surface area contributed by atoms with Crippen molar-refractivity contribution in [1.29, 1.82) is 0 Å². The number of hydrogen-bond acceptors (Lipinski definition) is 5. The molecule has 2 aromatic heterocycles. The fourth-order valence-corrected chi connectivity index (χ4v) is 3.72. The summed E-state index contributed by atoms with van der Waals surface area (Å²) >= 11 is 0. The lowest BCUT2D eigenvalue weighted by Crippen LogP contribution is -2.66. The first kappa shape index (κ1) is 16.1. The largest absolute Gasteiger partial charge is 0.492 e. The fraction of sp³-hybridized carbons (Fsp3) is 0.500. The summed E-state index contributed by atoms with van der Waals surface area (Å²) in [5.74, 6) is 1.18. The van der Waals surface area contributed by atoms with E-state index in [1.807, 2.05) is 24.1 Å². The highest BCUT2D eigenvalue weighted by Crippen LogP contribution is 2.42. The van der Waals surface area contributed by atoms with E-state index in [0.717, 1.165) is 25.2 Å². The van der Waals surface area contributed by atoms with E-state index < -0.39 is 0 Å². The molecule has 2 aliphatic rings. The molecule has 1 atom stereocenters. The van der Waals surface area contributed by atoms with Crippen LogP contribution in [-0.4, -0.2) is 57.2 Å². The molecule has 7 heteroatoms. The van der Waals surface area contributed by atoms with E-state index in [-0.39, 0.29) is 11.5 Å². The number of imidazole rings is 1. The van der Waals surface area contributed by atoms with Crippen molar-refractivity contribution in [3.05, 3.63) is 42.7 Å². The molecule has 4 rings (SSSR count). The highest BCUT2D eigenvalue weighted by molar-refractivity contribution is 5.92. The van der Waals surface area contributed by atoms with Gasteiger partial charge in [-0.2, -0.15) is 0 Å². The third kappa shape index (κ3) is 3.11. The summed E-state index contributed by atoms with van der Waals surface area (Å²) in [6.07, 6.45) is 8.78. The molecule has 7 nitrogen and oxygen atoms in total. The Morgan fingerprint density at radius 1 is 1.48 bits per heavy atom. The number of carbonyl (C=O) groups is 1. The molecule has 2 saturated heterocycles. The van der Waals surface area contributed by atoms with Crippen LogP contribution in [0.1, 0.15) is 23.3 Å². The van der Waals surface area contributed by atoms with Crippen LogP contribution in [0.3, 0.4) is 0 Å². The Hall–Kier alpha value is -2.41. The Morgan fingerprint density at radius 3 is 3.08 bits per heavy atom. The van der Waals surface area contributed by atoms with Gasteiger partial charge in [0.2, 0.25) is 0 Å². The second kappa shape index (κ2) is 6.48. The van der Waals surface area contributed by atoms with Crippen LogP contribution in [0.2, 0.25) is 0 Å². The lowest BCUT2D eigenvalue weighted by atomic mass is 9.79. The number of aromatic nitrogens is 3. The van der Waals surface area contributed by atoms with Crippen molar-refractivity contribution in [3.63, 3.8) is 0 Å². The SMILES string of the molecule is Cn1cnc(C(=O)N2CC3(C2)OCCC3CCOc2cccnc2)c1. The Labute approximate surface area is 146 Å². The zero-order chi connectivity index (χ0) is 17.3. The van der Waals surface area contributed by atoms with E-state index in [0.29, 0.717) is 31.3 Å². The predicted molar refractivity (Wildman–Crippen MR) is 90.3 cm³/mol. The molecule has 132 valence electrons. The summed E-state index contributed by atoms with van der Waals surface area (Å²) in [4.78, 5) is 22.5. The average molecular weight is 342 g/mol. The summed E-state index contributed by atoms with van der Waals surface area (Å²) in [6.45, 7) is 2.67. The van der Waals surface area contributed by atoms with E-state index in [2.05, 4.69) is 9.97 Å². The van der Waals surface area contributed by atoms with Crippen LogP contribution in [0.4, 0.5) is 0 Å². The van der Waals surface area contributed by atoms with Crippen LogP contribution < -0.4 is 4.74 Å². The second-order valence-corrected chi connectivity index (χ2v) is 6.81. The molecular weight excluding hydrogens is 320 g/mol. The van der Waals surface area contributed by atoms with Gasteiger partial charge in [-0.3, -0.25) is 9.78 Å². The van der Waals surface area contributed by atoms with Crippen LogP contribution in [0, 0.1) is 5.92 Å². The van der Waals surface area contributed by atoms with Crippen molar-refractivity contribution in [2.45, 2.75) is 18.4 Å². The molecule has 1 unspecified atom stereocenters. The molecule has 0 aliphatic carbocycles. The predicted octanol–water partition coefficient (Wildman–Crippen LogP) is 1.52. The van der Waals surface area contributed by atoms with E-state index in [4.69, 9.17) is 9.47 Å². The van der Waals surface area contributed by atoms with Crippen LogP contribution in [-0.2, 0) is 11.8 Å². The van der Waals surface area contributed by atoms with Crippen molar-refractivity contribution < 1.29 is 14.3 Å². The van der Waals surface area contributed by atoms with E-state index in [1.165, 1.54) is 0 Å². The number of pyridine rings is 1. The van der Waals surface area contributed by atoms with Crippen LogP contribution in [0.15, 0.2) is 37.1 Å². The Balaban J connectivity index is 1.31. The fourth-order valence-electron chi connectivity index (χ4n) is 3.72. The van der Waals surface area contributed by atoms with Gasteiger partial charge < -0.3 is 18.9 Å². The highest BCUT2D eigenvalue weighted by atomic mass is 16.5. The standard InChI is InChI=1S/C18H22N4O3/c1-21-10-16(20-13-21)17(23)22-11-18(12-22)14(5-8-25-18)4-7-24-15-3-2-6-19-9-15/h2-3,6,9-10,13-14H,4-5,7-8,11-12H2,1H3. The summed E-state index contributed by atoms with van der Waals surface area (Å²) in [6, 6.07) is 3.77. The number of hydrogen-bond donors (Lipinski definition) is 0. The zero-order valence-electron chi connectivity index (χ0n) is 14.3. The topological polar surface area (TPSA) is 69.5 Å². The number of aryl methyl sites for hydroxylation is 1. The first-order valence-corrected chi connectivity index (χ1v) is 8.60. The number of likely N-dealkylation sites (tertiary alicyclic amines) is 1. The smallest absolute Gasteiger partial charge is 0.274 e. The minimum atomic E-state index is -0.206. The van der Waals surface area contributed by atoms with Crippen molar-refractivity contribution in [2.75, 3.05) is 26.3 Å². The van der Waals surface area contributed by atoms with Crippen LogP contribution in [0.25, 0.3) is 0 Å². The van der Waals surface area contributed by atoms with Gasteiger partial charge in [0.15, 0.2) is 0 Å².